The highest BCUT2D eigenvalue weighted by Gasteiger charge is 2.11. The van der Waals surface area contributed by atoms with Gasteiger partial charge in [-0.05, 0) is 17.7 Å². The third-order valence-corrected chi connectivity index (χ3v) is 3.02. The fraction of sp³-hybridized carbons (Fsp3) is 0.357. The van der Waals surface area contributed by atoms with Crippen molar-refractivity contribution in [1.82, 2.24) is 10.2 Å². The van der Waals surface area contributed by atoms with Crippen LogP contribution in [0.4, 0.5) is 8.78 Å². The zero-order valence-electron chi connectivity index (χ0n) is 10.5. The van der Waals surface area contributed by atoms with Crippen LogP contribution in [0.2, 0.25) is 0 Å². The van der Waals surface area contributed by atoms with Crippen molar-refractivity contribution in [3.8, 4) is 0 Å². The Balaban J connectivity index is 1.88. The molecule has 1 heterocycles. The molecule has 1 aromatic rings. The van der Waals surface area contributed by atoms with E-state index in [-0.39, 0.29) is 5.91 Å². The first-order chi connectivity index (χ1) is 9.15. The molecule has 1 saturated heterocycles. The first-order valence-corrected chi connectivity index (χ1v) is 6.26. The molecule has 1 amide bonds. The molecule has 1 aliphatic rings. The zero-order chi connectivity index (χ0) is 13.7. The summed E-state index contributed by atoms with van der Waals surface area (Å²) in [7, 11) is 0. The monoisotopic (exact) mass is 266 g/mol. The first-order valence-electron chi connectivity index (χ1n) is 6.26. The first kappa shape index (κ1) is 13.7. The summed E-state index contributed by atoms with van der Waals surface area (Å²) in [6.45, 7) is 2.85. The summed E-state index contributed by atoms with van der Waals surface area (Å²) in [6, 6.07) is 3.81. The average molecular weight is 266 g/mol. The molecular formula is C14H16F2N2O. The third kappa shape index (κ3) is 4.13. The Bertz CT molecular complexity index is 488. The van der Waals surface area contributed by atoms with Crippen molar-refractivity contribution >= 4 is 12.0 Å². The highest BCUT2D eigenvalue weighted by Crippen LogP contribution is 2.10. The van der Waals surface area contributed by atoms with Crippen molar-refractivity contribution in [3.63, 3.8) is 0 Å². The summed E-state index contributed by atoms with van der Waals surface area (Å²) < 4.78 is 25.7. The van der Waals surface area contributed by atoms with Gasteiger partial charge in [0.1, 0.15) is 0 Å². The van der Waals surface area contributed by atoms with Gasteiger partial charge in [0.15, 0.2) is 11.6 Å². The van der Waals surface area contributed by atoms with Gasteiger partial charge in [0, 0.05) is 32.6 Å². The number of hydrogen-bond donors (Lipinski definition) is 1. The molecule has 1 aliphatic heterocycles. The summed E-state index contributed by atoms with van der Waals surface area (Å²) in [6.07, 6.45) is 4.14. The number of hydrogen-bond acceptors (Lipinski definition) is 2. The number of nitrogens with one attached hydrogen (secondary N) is 1. The maximum absolute atomic E-state index is 13.0. The molecule has 2 rings (SSSR count). The number of benzene rings is 1. The van der Waals surface area contributed by atoms with Gasteiger partial charge in [-0.25, -0.2) is 8.78 Å². The van der Waals surface area contributed by atoms with Crippen LogP contribution in [0.5, 0.6) is 0 Å². The summed E-state index contributed by atoms with van der Waals surface area (Å²) in [4.78, 5) is 13.3. The van der Waals surface area contributed by atoms with Gasteiger partial charge < -0.3 is 5.32 Å². The second-order valence-electron chi connectivity index (χ2n) is 4.48. The van der Waals surface area contributed by atoms with E-state index in [2.05, 4.69) is 10.2 Å². The van der Waals surface area contributed by atoms with E-state index in [1.54, 1.807) is 6.08 Å². The number of amides is 1. The maximum Gasteiger partial charge on any atom is 0.221 e. The lowest BCUT2D eigenvalue weighted by Gasteiger charge is -2.16. The SMILES string of the molecule is O=C1CCN(C/C=C/c2ccc(F)c(F)c2)CCN1. The molecule has 0 aliphatic carbocycles. The number of carbonyl (C=O) groups excluding carboxylic acids is 1. The van der Waals surface area contributed by atoms with Crippen molar-refractivity contribution in [2.75, 3.05) is 26.2 Å². The van der Waals surface area contributed by atoms with Crippen LogP contribution in [-0.4, -0.2) is 37.0 Å². The van der Waals surface area contributed by atoms with Gasteiger partial charge in [-0.1, -0.05) is 18.2 Å². The average Bonchev–Trinajstić information content (AvgIpc) is 2.59. The van der Waals surface area contributed by atoms with Crippen LogP contribution in [0.25, 0.3) is 6.08 Å². The maximum atomic E-state index is 13.0. The van der Waals surface area contributed by atoms with Gasteiger partial charge in [0.05, 0.1) is 0 Å². The standard InChI is InChI=1S/C14H16F2N2O/c15-12-4-3-11(10-13(12)16)2-1-7-18-8-5-14(19)17-6-9-18/h1-4,10H,5-9H2,(H,17,19)/b2-1+. The molecule has 0 saturated carbocycles. The highest BCUT2D eigenvalue weighted by molar-refractivity contribution is 5.76. The van der Waals surface area contributed by atoms with Gasteiger partial charge in [-0.3, -0.25) is 9.69 Å². The molecule has 3 nitrogen and oxygen atoms in total. The minimum atomic E-state index is -0.841. The van der Waals surface area contributed by atoms with E-state index < -0.39 is 11.6 Å². The predicted octanol–water partition coefficient (Wildman–Crippen LogP) is 1.80. The van der Waals surface area contributed by atoms with Crippen LogP contribution in [-0.2, 0) is 4.79 Å². The van der Waals surface area contributed by atoms with Crippen molar-refractivity contribution in [1.29, 1.82) is 0 Å². The fourth-order valence-corrected chi connectivity index (χ4v) is 1.95. The topological polar surface area (TPSA) is 32.3 Å². The Morgan fingerprint density at radius 3 is 2.89 bits per heavy atom. The lowest BCUT2D eigenvalue weighted by atomic mass is 10.2. The van der Waals surface area contributed by atoms with Gasteiger partial charge >= 0.3 is 0 Å². The van der Waals surface area contributed by atoms with Crippen LogP contribution in [0, 0.1) is 11.6 Å². The quantitative estimate of drug-likeness (QED) is 0.904. The molecule has 1 N–H and O–H groups in total. The van der Waals surface area contributed by atoms with Crippen molar-refractivity contribution in [3.05, 3.63) is 41.5 Å². The minimum Gasteiger partial charge on any atom is -0.355 e. The molecule has 102 valence electrons. The number of halogens is 2. The molecular weight excluding hydrogens is 250 g/mol. The smallest absolute Gasteiger partial charge is 0.221 e. The van der Waals surface area contributed by atoms with Crippen LogP contribution >= 0.6 is 0 Å². The highest BCUT2D eigenvalue weighted by atomic mass is 19.2. The minimum absolute atomic E-state index is 0.0760. The Kier molecular flexibility index (Phi) is 4.63. The normalized spacial score (nSPS) is 17.5. The molecule has 0 spiro atoms. The molecule has 0 unspecified atom stereocenters. The van der Waals surface area contributed by atoms with Crippen molar-refractivity contribution in [2.24, 2.45) is 0 Å². The molecule has 0 aromatic heterocycles. The van der Waals surface area contributed by atoms with Crippen LogP contribution in [0.1, 0.15) is 12.0 Å². The molecule has 1 fully saturated rings. The van der Waals surface area contributed by atoms with E-state index in [4.69, 9.17) is 0 Å². The lowest BCUT2D eigenvalue weighted by molar-refractivity contribution is -0.120. The number of carbonyl (C=O) groups is 1. The van der Waals surface area contributed by atoms with E-state index in [1.807, 2.05) is 6.08 Å². The van der Waals surface area contributed by atoms with Crippen molar-refractivity contribution < 1.29 is 13.6 Å². The molecule has 0 atom stereocenters. The number of rotatable bonds is 3. The summed E-state index contributed by atoms with van der Waals surface area (Å²) in [5.41, 5.74) is 0.628. The second-order valence-corrected chi connectivity index (χ2v) is 4.48. The second kappa shape index (κ2) is 6.43. The lowest BCUT2D eigenvalue weighted by Crippen LogP contribution is -2.28. The van der Waals surface area contributed by atoms with E-state index in [9.17, 15) is 13.6 Å². The Morgan fingerprint density at radius 1 is 1.26 bits per heavy atom. The van der Waals surface area contributed by atoms with Gasteiger partial charge in [-0.15, -0.1) is 0 Å². The Morgan fingerprint density at radius 2 is 2.11 bits per heavy atom. The number of nitrogens with zero attached hydrogens (tertiary/aromatic N) is 1. The summed E-state index contributed by atoms with van der Waals surface area (Å²) in [5, 5.41) is 2.80. The van der Waals surface area contributed by atoms with Gasteiger partial charge in [0.2, 0.25) is 5.91 Å². The Labute approximate surface area is 110 Å². The molecule has 1 aromatic carbocycles. The molecule has 19 heavy (non-hydrogen) atoms. The van der Waals surface area contributed by atoms with Crippen LogP contribution in [0.3, 0.4) is 0 Å². The summed E-state index contributed by atoms with van der Waals surface area (Å²) >= 11 is 0. The Hall–Kier alpha value is -1.75. The van der Waals surface area contributed by atoms with Crippen LogP contribution in [0.15, 0.2) is 24.3 Å². The van der Waals surface area contributed by atoms with Crippen LogP contribution < -0.4 is 5.32 Å². The van der Waals surface area contributed by atoms with E-state index in [1.165, 1.54) is 12.1 Å². The van der Waals surface area contributed by atoms with E-state index in [0.29, 0.717) is 31.6 Å². The summed E-state index contributed by atoms with van der Waals surface area (Å²) in [5.74, 6) is -1.60. The van der Waals surface area contributed by atoms with Gasteiger partial charge in [-0.2, -0.15) is 0 Å². The van der Waals surface area contributed by atoms with E-state index in [0.717, 1.165) is 12.6 Å². The third-order valence-electron chi connectivity index (χ3n) is 3.02. The fourth-order valence-electron chi connectivity index (χ4n) is 1.95. The van der Waals surface area contributed by atoms with Crippen molar-refractivity contribution in [2.45, 2.75) is 6.42 Å². The predicted molar refractivity (Wildman–Crippen MR) is 69.5 cm³/mol. The van der Waals surface area contributed by atoms with Gasteiger partial charge in [0.25, 0.3) is 0 Å². The van der Waals surface area contributed by atoms with E-state index >= 15 is 0 Å². The molecule has 5 heteroatoms. The zero-order valence-corrected chi connectivity index (χ0v) is 10.5. The molecule has 0 bridgehead atoms. The largest absolute Gasteiger partial charge is 0.355 e. The molecule has 0 radical (unpaired) electrons.